The number of nitrogens with zero attached hydrogens (tertiary/aromatic N) is 7. The lowest BCUT2D eigenvalue weighted by Crippen LogP contribution is -2.07. The van der Waals surface area contributed by atoms with Crippen LogP contribution in [0, 0.1) is 0 Å². The molecule has 0 saturated carbocycles. The van der Waals surface area contributed by atoms with Crippen molar-refractivity contribution in [3.8, 4) is 22.5 Å². The monoisotopic (exact) mass is 388 g/mol. The van der Waals surface area contributed by atoms with E-state index in [1.807, 2.05) is 16.9 Å². The van der Waals surface area contributed by atoms with Gasteiger partial charge in [0.05, 0.1) is 6.54 Å². The van der Waals surface area contributed by atoms with Gasteiger partial charge in [0.15, 0.2) is 11.6 Å². The molecule has 29 heavy (non-hydrogen) atoms. The number of hydrogen-bond acceptors (Lipinski definition) is 6. The molecular formula is C21H24N8. The molecule has 4 aromatic rings. The van der Waals surface area contributed by atoms with Gasteiger partial charge in [-0.25, -0.2) is 14.8 Å². The molecule has 148 valence electrons. The van der Waals surface area contributed by atoms with E-state index in [1.54, 1.807) is 6.20 Å². The van der Waals surface area contributed by atoms with Crippen molar-refractivity contribution in [2.75, 3.05) is 0 Å². The highest BCUT2D eigenvalue weighted by atomic mass is 15.5. The first-order chi connectivity index (χ1) is 14.2. The molecule has 0 fully saturated rings. The summed E-state index contributed by atoms with van der Waals surface area (Å²) in [5.41, 5.74) is 4.13. The molecule has 0 atom stereocenters. The predicted octanol–water partition coefficient (Wildman–Crippen LogP) is 3.64. The Kier molecular flexibility index (Phi) is 5.41. The molecule has 8 nitrogen and oxygen atoms in total. The topological polar surface area (TPSA) is 98.1 Å². The zero-order chi connectivity index (χ0) is 20.2. The number of aromatic amines is 1. The number of rotatable bonds is 7. The fourth-order valence-electron chi connectivity index (χ4n) is 3.24. The van der Waals surface area contributed by atoms with Gasteiger partial charge in [-0.15, -0.1) is 5.10 Å². The van der Waals surface area contributed by atoms with Crippen molar-refractivity contribution in [1.29, 1.82) is 0 Å². The molecule has 1 aromatic carbocycles. The first-order valence-electron chi connectivity index (χ1n) is 9.86. The number of H-pyrrole nitrogens is 1. The number of aryl methyl sites for hydroxylation is 1. The number of aromatic nitrogens is 8. The van der Waals surface area contributed by atoms with Crippen LogP contribution in [0.4, 0.5) is 0 Å². The van der Waals surface area contributed by atoms with Gasteiger partial charge in [-0.3, -0.25) is 4.98 Å². The Morgan fingerprint density at radius 2 is 1.90 bits per heavy atom. The minimum Gasteiger partial charge on any atom is -0.264 e. The summed E-state index contributed by atoms with van der Waals surface area (Å²) < 4.78 is 2.03. The number of tetrazole rings is 1. The first kappa shape index (κ1) is 18.9. The normalized spacial score (nSPS) is 11.3. The molecule has 0 amide bonds. The lowest BCUT2D eigenvalue weighted by Gasteiger charge is -2.09. The Morgan fingerprint density at radius 1 is 1.07 bits per heavy atom. The minimum atomic E-state index is 0.323. The summed E-state index contributed by atoms with van der Waals surface area (Å²) in [5.74, 6) is 2.90. The summed E-state index contributed by atoms with van der Waals surface area (Å²) in [5, 5.41) is 18.9. The Morgan fingerprint density at radius 3 is 2.59 bits per heavy atom. The van der Waals surface area contributed by atoms with Crippen molar-refractivity contribution in [2.45, 2.75) is 46.1 Å². The van der Waals surface area contributed by atoms with Crippen molar-refractivity contribution >= 4 is 0 Å². The second-order valence-electron chi connectivity index (χ2n) is 7.32. The van der Waals surface area contributed by atoms with Gasteiger partial charge in [-0.05, 0) is 34.0 Å². The molecule has 0 radical (unpaired) electrons. The standard InChI is InChI=1S/C21H24N8/c1-4-5-19-23-20(14(2)3)26-29(19)13-15-6-8-16(9-7-15)18-12-22-11-10-17(18)21-24-27-28-25-21/h6-12,14H,4-5,13H2,1-3H3,(H,24,25,27,28). The quantitative estimate of drug-likeness (QED) is 0.519. The van der Waals surface area contributed by atoms with Crippen LogP contribution in [0.5, 0.6) is 0 Å². The third-order valence-electron chi connectivity index (χ3n) is 4.77. The molecule has 1 N–H and O–H groups in total. The maximum Gasteiger partial charge on any atom is 0.180 e. The Hall–Kier alpha value is -3.42. The van der Waals surface area contributed by atoms with E-state index in [9.17, 15) is 0 Å². The van der Waals surface area contributed by atoms with Gasteiger partial charge in [-0.1, -0.05) is 45.0 Å². The molecule has 3 aromatic heterocycles. The van der Waals surface area contributed by atoms with Crippen LogP contribution in [0.15, 0.2) is 42.7 Å². The van der Waals surface area contributed by atoms with Crippen LogP contribution in [-0.2, 0) is 13.0 Å². The largest absolute Gasteiger partial charge is 0.264 e. The van der Waals surface area contributed by atoms with Gasteiger partial charge in [0, 0.05) is 35.9 Å². The molecule has 4 rings (SSSR count). The molecule has 8 heteroatoms. The molecule has 0 aliphatic rings. The van der Waals surface area contributed by atoms with Gasteiger partial charge < -0.3 is 0 Å². The fourth-order valence-corrected chi connectivity index (χ4v) is 3.24. The molecule has 0 saturated heterocycles. The van der Waals surface area contributed by atoms with Crippen molar-refractivity contribution < 1.29 is 0 Å². The summed E-state index contributed by atoms with van der Waals surface area (Å²) >= 11 is 0. The van der Waals surface area contributed by atoms with Gasteiger partial charge in [-0.2, -0.15) is 5.10 Å². The van der Waals surface area contributed by atoms with Crippen LogP contribution in [-0.4, -0.2) is 40.4 Å². The highest BCUT2D eigenvalue weighted by Gasteiger charge is 2.13. The van der Waals surface area contributed by atoms with E-state index in [-0.39, 0.29) is 0 Å². The van der Waals surface area contributed by atoms with Gasteiger partial charge >= 0.3 is 0 Å². The lowest BCUT2D eigenvalue weighted by molar-refractivity contribution is 0.619. The van der Waals surface area contributed by atoms with Crippen LogP contribution in [0.25, 0.3) is 22.5 Å². The van der Waals surface area contributed by atoms with Crippen LogP contribution >= 0.6 is 0 Å². The van der Waals surface area contributed by atoms with Crippen LogP contribution in [0.2, 0.25) is 0 Å². The molecule has 0 aliphatic heterocycles. The number of pyridine rings is 1. The lowest BCUT2D eigenvalue weighted by atomic mass is 10.0. The smallest absolute Gasteiger partial charge is 0.180 e. The van der Waals surface area contributed by atoms with Crippen molar-refractivity contribution in [2.24, 2.45) is 0 Å². The Labute approximate surface area is 169 Å². The summed E-state index contributed by atoms with van der Waals surface area (Å²) in [6.45, 7) is 7.12. The maximum absolute atomic E-state index is 4.72. The Bertz CT molecular complexity index is 1060. The molecule has 0 spiro atoms. The number of benzene rings is 1. The molecular weight excluding hydrogens is 364 g/mol. The average molecular weight is 388 g/mol. The van der Waals surface area contributed by atoms with E-state index in [1.165, 1.54) is 5.56 Å². The van der Waals surface area contributed by atoms with Gasteiger partial charge in [0.25, 0.3) is 0 Å². The Balaban J connectivity index is 1.60. The second kappa shape index (κ2) is 8.30. The maximum atomic E-state index is 4.72. The fraction of sp³-hybridized carbons (Fsp3) is 0.333. The summed E-state index contributed by atoms with van der Waals surface area (Å²) in [7, 11) is 0. The molecule has 0 bridgehead atoms. The van der Waals surface area contributed by atoms with Gasteiger partial charge in [0.2, 0.25) is 0 Å². The zero-order valence-corrected chi connectivity index (χ0v) is 16.9. The SMILES string of the molecule is CCCc1nc(C(C)C)nn1Cc1ccc(-c2cnccc2-c2nnn[nH]2)cc1. The zero-order valence-electron chi connectivity index (χ0n) is 16.9. The van der Waals surface area contributed by atoms with Crippen LogP contribution in [0.3, 0.4) is 0 Å². The minimum absolute atomic E-state index is 0.323. The third kappa shape index (κ3) is 4.06. The van der Waals surface area contributed by atoms with E-state index in [0.717, 1.165) is 41.2 Å². The highest BCUT2D eigenvalue weighted by molar-refractivity contribution is 5.79. The summed E-state index contributed by atoms with van der Waals surface area (Å²) in [6, 6.07) is 10.3. The second-order valence-corrected chi connectivity index (χ2v) is 7.32. The van der Waals surface area contributed by atoms with Crippen molar-refractivity contribution in [3.05, 3.63) is 59.9 Å². The third-order valence-corrected chi connectivity index (χ3v) is 4.77. The highest BCUT2D eigenvalue weighted by Crippen LogP contribution is 2.29. The van der Waals surface area contributed by atoms with Crippen molar-refractivity contribution in [1.82, 2.24) is 40.4 Å². The van der Waals surface area contributed by atoms with E-state index >= 15 is 0 Å². The van der Waals surface area contributed by atoms with Crippen LogP contribution < -0.4 is 0 Å². The van der Waals surface area contributed by atoms with E-state index in [2.05, 4.69) is 70.6 Å². The molecule has 3 heterocycles. The summed E-state index contributed by atoms with van der Waals surface area (Å²) in [4.78, 5) is 8.99. The van der Waals surface area contributed by atoms with Crippen LogP contribution in [0.1, 0.15) is 50.3 Å². The molecule has 0 unspecified atom stereocenters. The van der Waals surface area contributed by atoms with Gasteiger partial charge in [0.1, 0.15) is 5.82 Å². The summed E-state index contributed by atoms with van der Waals surface area (Å²) in [6.07, 6.45) is 5.55. The average Bonchev–Trinajstić information content (AvgIpc) is 3.40. The molecule has 0 aliphatic carbocycles. The van der Waals surface area contributed by atoms with E-state index < -0.39 is 0 Å². The predicted molar refractivity (Wildman–Crippen MR) is 110 cm³/mol. The number of nitrogens with one attached hydrogen (secondary N) is 1. The first-order valence-corrected chi connectivity index (χ1v) is 9.86. The van der Waals surface area contributed by atoms with Crippen molar-refractivity contribution in [3.63, 3.8) is 0 Å². The van der Waals surface area contributed by atoms with E-state index in [0.29, 0.717) is 18.3 Å². The van der Waals surface area contributed by atoms with E-state index in [4.69, 9.17) is 10.1 Å². The number of hydrogen-bond donors (Lipinski definition) is 1.